The van der Waals surface area contributed by atoms with E-state index in [1.807, 2.05) is 0 Å². The minimum atomic E-state index is -0.777. The van der Waals surface area contributed by atoms with Gasteiger partial charge in [0.1, 0.15) is 13.2 Å². The molecule has 0 heterocycles. The summed E-state index contributed by atoms with van der Waals surface area (Å²) in [6, 6.07) is 0. The van der Waals surface area contributed by atoms with Crippen LogP contribution in [-0.4, -0.2) is 37.2 Å². The van der Waals surface area contributed by atoms with E-state index in [0.717, 1.165) is 77.0 Å². The van der Waals surface area contributed by atoms with Crippen LogP contribution in [0.25, 0.3) is 0 Å². The monoisotopic (exact) mass is 899 g/mol. The second-order valence-electron chi connectivity index (χ2n) is 18.8. The van der Waals surface area contributed by atoms with Crippen molar-refractivity contribution in [2.24, 2.45) is 0 Å². The molecule has 0 aromatic carbocycles. The van der Waals surface area contributed by atoms with Gasteiger partial charge >= 0.3 is 17.9 Å². The third-order valence-electron chi connectivity index (χ3n) is 12.4. The molecular formula is C58H106O6. The van der Waals surface area contributed by atoms with Gasteiger partial charge in [-0.3, -0.25) is 14.4 Å². The van der Waals surface area contributed by atoms with Crippen LogP contribution in [0.1, 0.15) is 297 Å². The first-order valence-corrected chi connectivity index (χ1v) is 28.0. The zero-order valence-corrected chi connectivity index (χ0v) is 42.8. The Balaban J connectivity index is 4.35. The molecule has 6 heteroatoms. The molecular weight excluding hydrogens is 793 g/mol. The standard InChI is InChI=1S/C58H106O6/c1-4-7-10-13-16-19-22-25-28-29-31-33-36-39-42-45-48-51-57(60)63-54-55(53-62-56(59)50-47-44-41-38-35-32-27-24-21-18-15-12-9-6-3)64-58(61)52-49-46-43-40-37-34-30-26-23-20-17-14-11-8-5-2/h15,18,20,23-24,27,55H,4-14,16-17,19,21-22,25-26,28-54H2,1-3H3/b18-15+,23-20+,27-24+/t55-/m1/s1. The van der Waals surface area contributed by atoms with Crippen molar-refractivity contribution in [2.75, 3.05) is 13.2 Å². The van der Waals surface area contributed by atoms with Gasteiger partial charge in [-0.05, 0) is 70.6 Å². The third-order valence-corrected chi connectivity index (χ3v) is 12.4. The molecule has 0 bridgehead atoms. The lowest BCUT2D eigenvalue weighted by Gasteiger charge is -2.18. The lowest BCUT2D eigenvalue weighted by atomic mass is 10.0. The van der Waals surface area contributed by atoms with E-state index < -0.39 is 6.10 Å². The van der Waals surface area contributed by atoms with E-state index in [4.69, 9.17) is 14.2 Å². The van der Waals surface area contributed by atoms with Crippen molar-refractivity contribution >= 4 is 17.9 Å². The van der Waals surface area contributed by atoms with E-state index >= 15 is 0 Å². The van der Waals surface area contributed by atoms with Gasteiger partial charge in [0, 0.05) is 19.3 Å². The number of unbranched alkanes of at least 4 members (excludes halogenated alkanes) is 34. The maximum Gasteiger partial charge on any atom is 0.306 e. The normalized spacial score (nSPS) is 12.2. The third kappa shape index (κ3) is 50.6. The number of rotatable bonds is 51. The SMILES string of the molecule is CCCC/C=C/C/C=C/CCCCCCCC(=O)OC[C@H](COC(=O)CCCCCCCCCCCCCCCCCCC)OC(=O)CCCCCCCCC/C=C/CCCCCC. The van der Waals surface area contributed by atoms with Gasteiger partial charge in [-0.15, -0.1) is 0 Å². The molecule has 0 unspecified atom stereocenters. The van der Waals surface area contributed by atoms with Crippen LogP contribution >= 0.6 is 0 Å². The molecule has 0 radical (unpaired) electrons. The number of hydrogen-bond donors (Lipinski definition) is 0. The summed E-state index contributed by atoms with van der Waals surface area (Å²) in [4.78, 5) is 38.1. The summed E-state index contributed by atoms with van der Waals surface area (Å²) in [5.74, 6) is -0.879. The summed E-state index contributed by atoms with van der Waals surface area (Å²) in [5.41, 5.74) is 0. The van der Waals surface area contributed by atoms with Crippen LogP contribution in [0, 0.1) is 0 Å². The van der Waals surface area contributed by atoms with Gasteiger partial charge in [0.15, 0.2) is 6.10 Å². The van der Waals surface area contributed by atoms with Gasteiger partial charge in [0.05, 0.1) is 0 Å². The molecule has 0 N–H and O–H groups in total. The molecule has 64 heavy (non-hydrogen) atoms. The Kier molecular flexibility index (Phi) is 51.3. The van der Waals surface area contributed by atoms with Crippen LogP contribution < -0.4 is 0 Å². The molecule has 0 aromatic rings. The van der Waals surface area contributed by atoms with Crippen molar-refractivity contribution in [2.45, 2.75) is 303 Å². The van der Waals surface area contributed by atoms with Crippen molar-refractivity contribution in [1.29, 1.82) is 0 Å². The maximum absolute atomic E-state index is 12.8. The second-order valence-corrected chi connectivity index (χ2v) is 18.8. The minimum absolute atomic E-state index is 0.0750. The van der Waals surface area contributed by atoms with Crippen molar-refractivity contribution in [3.63, 3.8) is 0 Å². The Bertz CT molecular complexity index is 1080. The Labute approximate surface area is 397 Å². The number of carbonyl (C=O) groups excluding carboxylic acids is 3. The van der Waals surface area contributed by atoms with Crippen molar-refractivity contribution in [1.82, 2.24) is 0 Å². The molecule has 0 aliphatic heterocycles. The molecule has 0 aliphatic carbocycles. The molecule has 0 rings (SSSR count). The van der Waals surface area contributed by atoms with Gasteiger partial charge in [-0.2, -0.15) is 0 Å². The highest BCUT2D eigenvalue weighted by atomic mass is 16.6. The van der Waals surface area contributed by atoms with Crippen molar-refractivity contribution in [3.8, 4) is 0 Å². The van der Waals surface area contributed by atoms with E-state index in [1.54, 1.807) is 0 Å². The molecule has 374 valence electrons. The van der Waals surface area contributed by atoms with Crippen LogP contribution in [0.4, 0.5) is 0 Å². The first kappa shape index (κ1) is 61.6. The lowest BCUT2D eigenvalue weighted by Crippen LogP contribution is -2.30. The van der Waals surface area contributed by atoms with Crippen LogP contribution in [0.5, 0.6) is 0 Å². The smallest absolute Gasteiger partial charge is 0.306 e. The number of ether oxygens (including phenoxy) is 3. The average Bonchev–Trinajstić information content (AvgIpc) is 3.29. The highest BCUT2D eigenvalue weighted by Gasteiger charge is 2.19. The first-order valence-electron chi connectivity index (χ1n) is 28.0. The lowest BCUT2D eigenvalue weighted by molar-refractivity contribution is -0.167. The summed E-state index contributed by atoms with van der Waals surface area (Å²) in [6.07, 6.45) is 62.7. The van der Waals surface area contributed by atoms with E-state index in [9.17, 15) is 14.4 Å². The van der Waals surface area contributed by atoms with Crippen molar-refractivity contribution < 1.29 is 28.6 Å². The minimum Gasteiger partial charge on any atom is -0.462 e. The second kappa shape index (κ2) is 53.2. The summed E-state index contributed by atoms with van der Waals surface area (Å²) in [6.45, 7) is 6.61. The molecule has 1 atom stereocenters. The molecule has 0 amide bonds. The highest BCUT2D eigenvalue weighted by Crippen LogP contribution is 2.16. The fourth-order valence-electron chi connectivity index (χ4n) is 8.10. The first-order chi connectivity index (χ1) is 31.5. The van der Waals surface area contributed by atoms with Crippen LogP contribution in [-0.2, 0) is 28.6 Å². The Morgan fingerprint density at radius 3 is 0.938 bits per heavy atom. The van der Waals surface area contributed by atoms with Gasteiger partial charge in [-0.1, -0.05) is 243 Å². The van der Waals surface area contributed by atoms with Gasteiger partial charge in [0.25, 0.3) is 0 Å². The predicted molar refractivity (Wildman–Crippen MR) is 275 cm³/mol. The maximum atomic E-state index is 12.8. The van der Waals surface area contributed by atoms with Crippen LogP contribution in [0.2, 0.25) is 0 Å². The predicted octanol–water partition coefficient (Wildman–Crippen LogP) is 18.5. The van der Waals surface area contributed by atoms with E-state index in [0.29, 0.717) is 19.3 Å². The number of carbonyl (C=O) groups is 3. The summed E-state index contributed by atoms with van der Waals surface area (Å²) >= 11 is 0. The summed E-state index contributed by atoms with van der Waals surface area (Å²) in [7, 11) is 0. The molecule has 0 aliphatic rings. The van der Waals surface area contributed by atoms with E-state index in [-0.39, 0.29) is 31.1 Å². The van der Waals surface area contributed by atoms with E-state index in [1.165, 1.54) is 180 Å². The fourth-order valence-corrected chi connectivity index (χ4v) is 8.10. The molecule has 6 nitrogen and oxygen atoms in total. The highest BCUT2D eigenvalue weighted by molar-refractivity contribution is 5.71. The fraction of sp³-hybridized carbons (Fsp3) is 0.845. The Hall–Kier alpha value is -2.37. The Morgan fingerprint density at radius 2 is 0.578 bits per heavy atom. The zero-order chi connectivity index (χ0) is 46.5. The summed E-state index contributed by atoms with van der Waals surface area (Å²) in [5, 5.41) is 0. The van der Waals surface area contributed by atoms with Crippen molar-refractivity contribution in [3.05, 3.63) is 36.5 Å². The van der Waals surface area contributed by atoms with Gasteiger partial charge in [0.2, 0.25) is 0 Å². The van der Waals surface area contributed by atoms with Gasteiger partial charge < -0.3 is 14.2 Å². The van der Waals surface area contributed by atoms with E-state index in [2.05, 4.69) is 57.2 Å². The zero-order valence-electron chi connectivity index (χ0n) is 42.8. The number of esters is 3. The molecule has 0 saturated carbocycles. The van der Waals surface area contributed by atoms with Crippen LogP contribution in [0.15, 0.2) is 36.5 Å². The topological polar surface area (TPSA) is 78.9 Å². The largest absolute Gasteiger partial charge is 0.462 e. The Morgan fingerprint density at radius 1 is 0.312 bits per heavy atom. The van der Waals surface area contributed by atoms with Gasteiger partial charge in [-0.25, -0.2) is 0 Å². The molecule has 0 aromatic heterocycles. The summed E-state index contributed by atoms with van der Waals surface area (Å²) < 4.78 is 16.8. The van der Waals surface area contributed by atoms with Crippen LogP contribution in [0.3, 0.4) is 0 Å². The average molecular weight is 899 g/mol. The molecule has 0 spiro atoms. The molecule has 0 fully saturated rings. The number of hydrogen-bond acceptors (Lipinski definition) is 6. The quantitative estimate of drug-likeness (QED) is 0.0262. The number of allylic oxidation sites excluding steroid dienone is 6. The molecule has 0 saturated heterocycles.